The fourth-order valence-corrected chi connectivity index (χ4v) is 1.22. The van der Waals surface area contributed by atoms with Gasteiger partial charge in [-0.05, 0) is 24.5 Å². The summed E-state index contributed by atoms with van der Waals surface area (Å²) in [5, 5.41) is 2.86. The minimum Gasteiger partial charge on any atom is -0.384 e. The average molecular weight is 191 g/mol. The summed E-state index contributed by atoms with van der Waals surface area (Å²) in [5.74, 6) is 0.917. The molecule has 74 valence electrons. The lowest BCUT2D eigenvalue weighted by Gasteiger charge is -2.03. The number of aromatic nitrogens is 1. The SMILES string of the molecule is Nc1ccc(CNC(=O)C2CC2)cn1. The Bertz CT molecular complexity index is 330. The number of carbonyl (C=O) groups is 1. The molecule has 1 aromatic heterocycles. The summed E-state index contributed by atoms with van der Waals surface area (Å²) in [6.45, 7) is 0.544. The number of nitrogens with one attached hydrogen (secondary N) is 1. The van der Waals surface area contributed by atoms with E-state index in [1.54, 1.807) is 12.3 Å². The molecule has 1 aliphatic carbocycles. The highest BCUT2D eigenvalue weighted by Gasteiger charge is 2.29. The van der Waals surface area contributed by atoms with Crippen molar-refractivity contribution in [3.8, 4) is 0 Å². The molecular formula is C10H13N3O. The van der Waals surface area contributed by atoms with Crippen LogP contribution in [0.3, 0.4) is 0 Å². The number of rotatable bonds is 3. The maximum absolute atomic E-state index is 11.3. The highest BCUT2D eigenvalue weighted by Crippen LogP contribution is 2.28. The molecular weight excluding hydrogens is 178 g/mol. The minimum atomic E-state index is 0.154. The van der Waals surface area contributed by atoms with Crippen LogP contribution in [0.5, 0.6) is 0 Å². The van der Waals surface area contributed by atoms with Gasteiger partial charge < -0.3 is 11.1 Å². The lowest BCUT2D eigenvalue weighted by molar-refractivity contribution is -0.122. The van der Waals surface area contributed by atoms with Gasteiger partial charge in [0.1, 0.15) is 5.82 Å². The van der Waals surface area contributed by atoms with Crippen LogP contribution in [-0.4, -0.2) is 10.9 Å². The smallest absolute Gasteiger partial charge is 0.223 e. The van der Waals surface area contributed by atoms with Crippen molar-refractivity contribution in [3.63, 3.8) is 0 Å². The molecule has 1 aromatic rings. The molecule has 1 saturated carbocycles. The number of hydrogen-bond acceptors (Lipinski definition) is 3. The maximum Gasteiger partial charge on any atom is 0.223 e. The van der Waals surface area contributed by atoms with E-state index in [-0.39, 0.29) is 11.8 Å². The van der Waals surface area contributed by atoms with Gasteiger partial charge in [0, 0.05) is 18.7 Å². The molecule has 3 N–H and O–H groups in total. The van der Waals surface area contributed by atoms with E-state index in [9.17, 15) is 4.79 Å². The number of anilines is 1. The maximum atomic E-state index is 11.3. The van der Waals surface area contributed by atoms with Gasteiger partial charge in [0.25, 0.3) is 0 Å². The summed E-state index contributed by atoms with van der Waals surface area (Å²) in [6.07, 6.45) is 3.75. The first-order valence-electron chi connectivity index (χ1n) is 4.74. The summed E-state index contributed by atoms with van der Waals surface area (Å²) in [6, 6.07) is 3.61. The van der Waals surface area contributed by atoms with Gasteiger partial charge in [-0.25, -0.2) is 4.98 Å². The molecule has 0 saturated heterocycles. The first-order chi connectivity index (χ1) is 6.75. The molecule has 1 amide bonds. The molecule has 1 heterocycles. The van der Waals surface area contributed by atoms with Crippen LogP contribution in [0, 0.1) is 5.92 Å². The Morgan fingerprint density at radius 2 is 2.36 bits per heavy atom. The monoisotopic (exact) mass is 191 g/mol. The van der Waals surface area contributed by atoms with Gasteiger partial charge in [0.05, 0.1) is 0 Å². The van der Waals surface area contributed by atoms with Crippen LogP contribution in [0.15, 0.2) is 18.3 Å². The number of hydrogen-bond donors (Lipinski definition) is 2. The van der Waals surface area contributed by atoms with Crippen molar-refractivity contribution >= 4 is 11.7 Å². The van der Waals surface area contributed by atoms with Crippen molar-refractivity contribution in [2.75, 3.05) is 5.73 Å². The van der Waals surface area contributed by atoms with E-state index in [0.717, 1.165) is 18.4 Å². The van der Waals surface area contributed by atoms with Gasteiger partial charge in [-0.15, -0.1) is 0 Å². The number of nitrogens with zero attached hydrogens (tertiary/aromatic N) is 1. The Morgan fingerprint density at radius 3 is 2.93 bits per heavy atom. The number of amides is 1. The van der Waals surface area contributed by atoms with E-state index in [1.807, 2.05) is 6.07 Å². The molecule has 0 atom stereocenters. The van der Waals surface area contributed by atoms with Crippen LogP contribution in [0.1, 0.15) is 18.4 Å². The van der Waals surface area contributed by atoms with Crippen LogP contribution in [0.2, 0.25) is 0 Å². The Balaban J connectivity index is 1.85. The zero-order valence-electron chi connectivity index (χ0n) is 7.86. The van der Waals surface area contributed by atoms with E-state index in [2.05, 4.69) is 10.3 Å². The first kappa shape index (κ1) is 8.99. The molecule has 0 unspecified atom stereocenters. The van der Waals surface area contributed by atoms with Gasteiger partial charge in [-0.1, -0.05) is 6.07 Å². The van der Waals surface area contributed by atoms with E-state index in [4.69, 9.17) is 5.73 Å². The van der Waals surface area contributed by atoms with Crippen LogP contribution >= 0.6 is 0 Å². The van der Waals surface area contributed by atoms with Crippen LogP contribution in [0.25, 0.3) is 0 Å². The Hall–Kier alpha value is -1.58. The number of nitrogen functional groups attached to an aromatic ring is 1. The molecule has 0 radical (unpaired) electrons. The second-order valence-electron chi connectivity index (χ2n) is 3.58. The molecule has 0 aromatic carbocycles. The van der Waals surface area contributed by atoms with Gasteiger partial charge in [-0.2, -0.15) is 0 Å². The third-order valence-electron chi connectivity index (χ3n) is 2.26. The lowest BCUT2D eigenvalue weighted by atomic mass is 10.2. The average Bonchev–Trinajstić information content (AvgIpc) is 3.00. The summed E-state index contributed by atoms with van der Waals surface area (Å²) in [7, 11) is 0. The van der Waals surface area contributed by atoms with E-state index < -0.39 is 0 Å². The van der Waals surface area contributed by atoms with Crippen molar-refractivity contribution in [1.82, 2.24) is 10.3 Å². The number of pyridine rings is 1. The second kappa shape index (κ2) is 3.65. The van der Waals surface area contributed by atoms with Crippen molar-refractivity contribution in [3.05, 3.63) is 23.9 Å². The molecule has 0 bridgehead atoms. The molecule has 1 aliphatic rings. The zero-order chi connectivity index (χ0) is 9.97. The third kappa shape index (κ3) is 2.22. The van der Waals surface area contributed by atoms with Crippen molar-refractivity contribution in [2.24, 2.45) is 5.92 Å². The Morgan fingerprint density at radius 1 is 1.57 bits per heavy atom. The van der Waals surface area contributed by atoms with Gasteiger partial charge in [0.15, 0.2) is 0 Å². The number of carbonyl (C=O) groups excluding carboxylic acids is 1. The topological polar surface area (TPSA) is 68.0 Å². The molecule has 2 rings (SSSR count). The summed E-state index contributed by atoms with van der Waals surface area (Å²) in [4.78, 5) is 15.2. The fourth-order valence-electron chi connectivity index (χ4n) is 1.22. The van der Waals surface area contributed by atoms with Crippen molar-refractivity contribution < 1.29 is 4.79 Å². The fraction of sp³-hybridized carbons (Fsp3) is 0.400. The van der Waals surface area contributed by atoms with Crippen molar-refractivity contribution in [1.29, 1.82) is 0 Å². The highest BCUT2D eigenvalue weighted by atomic mass is 16.2. The van der Waals surface area contributed by atoms with Crippen LogP contribution in [0.4, 0.5) is 5.82 Å². The standard InChI is InChI=1S/C10H13N3O/c11-9-4-1-7(5-12-9)6-13-10(14)8-2-3-8/h1,4-5,8H,2-3,6H2,(H2,11,12)(H,13,14). The molecule has 0 aliphatic heterocycles. The van der Waals surface area contributed by atoms with Gasteiger partial charge >= 0.3 is 0 Å². The molecule has 0 spiro atoms. The Labute approximate surface area is 82.5 Å². The quantitative estimate of drug-likeness (QED) is 0.738. The molecule has 4 nitrogen and oxygen atoms in total. The van der Waals surface area contributed by atoms with E-state index in [0.29, 0.717) is 12.4 Å². The zero-order valence-corrected chi connectivity index (χ0v) is 7.86. The highest BCUT2D eigenvalue weighted by molar-refractivity contribution is 5.80. The van der Waals surface area contributed by atoms with Crippen LogP contribution in [-0.2, 0) is 11.3 Å². The largest absolute Gasteiger partial charge is 0.384 e. The second-order valence-corrected chi connectivity index (χ2v) is 3.58. The predicted molar refractivity (Wildman–Crippen MR) is 53.2 cm³/mol. The first-order valence-corrected chi connectivity index (χ1v) is 4.74. The molecule has 4 heteroatoms. The van der Waals surface area contributed by atoms with E-state index >= 15 is 0 Å². The van der Waals surface area contributed by atoms with Crippen molar-refractivity contribution in [2.45, 2.75) is 19.4 Å². The minimum absolute atomic E-state index is 0.154. The van der Waals surface area contributed by atoms with Gasteiger partial charge in [-0.3, -0.25) is 4.79 Å². The van der Waals surface area contributed by atoms with Gasteiger partial charge in [0.2, 0.25) is 5.91 Å². The third-order valence-corrected chi connectivity index (χ3v) is 2.26. The summed E-state index contributed by atoms with van der Waals surface area (Å²) in [5.41, 5.74) is 6.42. The number of nitrogens with two attached hydrogens (primary N) is 1. The Kier molecular flexibility index (Phi) is 2.35. The van der Waals surface area contributed by atoms with E-state index in [1.165, 1.54) is 0 Å². The lowest BCUT2D eigenvalue weighted by Crippen LogP contribution is -2.24. The normalized spacial score (nSPS) is 15.1. The summed E-state index contributed by atoms with van der Waals surface area (Å²) < 4.78 is 0. The molecule has 14 heavy (non-hydrogen) atoms. The predicted octanol–water partition coefficient (Wildman–Crippen LogP) is 0.690. The van der Waals surface area contributed by atoms with Crippen LogP contribution < -0.4 is 11.1 Å². The molecule has 1 fully saturated rings. The summed E-state index contributed by atoms with van der Waals surface area (Å²) >= 11 is 0.